The zero-order chi connectivity index (χ0) is 12.1. The van der Waals surface area contributed by atoms with E-state index in [0.29, 0.717) is 13.2 Å². The van der Waals surface area contributed by atoms with Crippen LogP contribution in [0.3, 0.4) is 0 Å². The summed E-state index contributed by atoms with van der Waals surface area (Å²) >= 11 is 0. The van der Waals surface area contributed by atoms with Gasteiger partial charge in [0.25, 0.3) is 0 Å². The molecule has 1 aromatic rings. The van der Waals surface area contributed by atoms with Crippen LogP contribution < -0.4 is 5.32 Å². The Kier molecular flexibility index (Phi) is 4.48. The fourth-order valence-electron chi connectivity index (χ4n) is 1.98. The highest BCUT2D eigenvalue weighted by atomic mass is 16.5. The minimum Gasteiger partial charge on any atom is -0.374 e. The third-order valence-electron chi connectivity index (χ3n) is 2.73. The van der Waals surface area contributed by atoms with E-state index in [4.69, 9.17) is 9.47 Å². The molecule has 94 valence electrons. The molecule has 1 aromatic heterocycles. The summed E-state index contributed by atoms with van der Waals surface area (Å²) in [6, 6.07) is 2.09. The average Bonchev–Trinajstić information content (AvgIpc) is 2.29. The van der Waals surface area contributed by atoms with Gasteiger partial charge < -0.3 is 14.8 Å². The first-order valence-electron chi connectivity index (χ1n) is 6.08. The molecular formula is C13H20N2O2. The molecule has 0 aromatic carbocycles. The fourth-order valence-corrected chi connectivity index (χ4v) is 1.98. The van der Waals surface area contributed by atoms with Gasteiger partial charge in [0.15, 0.2) is 0 Å². The van der Waals surface area contributed by atoms with Gasteiger partial charge in [-0.3, -0.25) is 4.98 Å². The van der Waals surface area contributed by atoms with Crippen molar-refractivity contribution in [2.45, 2.75) is 32.7 Å². The second kappa shape index (κ2) is 6.10. The highest BCUT2D eigenvalue weighted by Gasteiger charge is 2.18. The second-order valence-electron chi connectivity index (χ2n) is 4.61. The molecule has 4 heteroatoms. The zero-order valence-corrected chi connectivity index (χ0v) is 10.5. The Balaban J connectivity index is 1.72. The molecule has 2 unspecified atom stereocenters. The average molecular weight is 236 g/mol. The monoisotopic (exact) mass is 236 g/mol. The smallest absolute Gasteiger partial charge is 0.0936 e. The van der Waals surface area contributed by atoms with Gasteiger partial charge >= 0.3 is 0 Å². The molecule has 0 amide bonds. The molecule has 1 aliphatic heterocycles. The molecule has 17 heavy (non-hydrogen) atoms. The van der Waals surface area contributed by atoms with E-state index < -0.39 is 0 Å². The number of nitrogens with one attached hydrogen (secondary N) is 1. The van der Waals surface area contributed by atoms with E-state index in [9.17, 15) is 0 Å². The largest absolute Gasteiger partial charge is 0.374 e. The lowest BCUT2D eigenvalue weighted by Gasteiger charge is -2.28. The van der Waals surface area contributed by atoms with Crippen LogP contribution in [-0.2, 0) is 16.1 Å². The van der Waals surface area contributed by atoms with E-state index in [-0.39, 0.29) is 12.2 Å². The van der Waals surface area contributed by atoms with E-state index in [2.05, 4.69) is 23.3 Å². The highest BCUT2D eigenvalue weighted by Crippen LogP contribution is 2.06. The number of nitrogens with zero attached hydrogens (tertiary/aromatic N) is 1. The van der Waals surface area contributed by atoms with Gasteiger partial charge in [-0.05, 0) is 25.0 Å². The van der Waals surface area contributed by atoms with Crippen LogP contribution in [0.2, 0.25) is 0 Å². The molecule has 0 saturated carbocycles. The van der Waals surface area contributed by atoms with Gasteiger partial charge in [0.05, 0.1) is 25.4 Å². The van der Waals surface area contributed by atoms with Crippen LogP contribution in [0.5, 0.6) is 0 Å². The molecule has 1 N–H and O–H groups in total. The third-order valence-corrected chi connectivity index (χ3v) is 2.73. The maximum atomic E-state index is 5.74. The Morgan fingerprint density at radius 1 is 1.47 bits per heavy atom. The van der Waals surface area contributed by atoms with Crippen LogP contribution in [0, 0.1) is 6.92 Å². The van der Waals surface area contributed by atoms with Crippen molar-refractivity contribution >= 4 is 0 Å². The molecule has 0 spiro atoms. The minimum atomic E-state index is 0.163. The van der Waals surface area contributed by atoms with Gasteiger partial charge in [0, 0.05) is 25.5 Å². The Hall–Kier alpha value is -0.970. The van der Waals surface area contributed by atoms with Crippen molar-refractivity contribution in [2.75, 3.05) is 19.7 Å². The summed E-state index contributed by atoms with van der Waals surface area (Å²) < 4.78 is 11.4. The van der Waals surface area contributed by atoms with E-state index >= 15 is 0 Å². The van der Waals surface area contributed by atoms with Crippen LogP contribution in [0.25, 0.3) is 0 Å². The van der Waals surface area contributed by atoms with Crippen molar-refractivity contribution in [3.05, 3.63) is 29.6 Å². The first-order valence-corrected chi connectivity index (χ1v) is 6.08. The number of hydrogen-bond acceptors (Lipinski definition) is 4. The number of rotatable bonds is 4. The standard InChI is InChI=1S/C13H20N2O2/c1-10-3-12(6-14-4-10)8-16-9-13-7-15-5-11(2)17-13/h3-4,6,11,13,15H,5,7-9H2,1-2H3. The number of hydrogen-bond donors (Lipinski definition) is 1. The van der Waals surface area contributed by atoms with Crippen LogP contribution in [-0.4, -0.2) is 36.9 Å². The molecule has 2 rings (SSSR count). The van der Waals surface area contributed by atoms with Crippen molar-refractivity contribution < 1.29 is 9.47 Å². The normalized spacial score (nSPS) is 24.8. The summed E-state index contributed by atoms with van der Waals surface area (Å²) in [4.78, 5) is 4.14. The van der Waals surface area contributed by atoms with E-state index in [0.717, 1.165) is 24.2 Å². The number of aromatic nitrogens is 1. The Morgan fingerprint density at radius 2 is 2.35 bits per heavy atom. The molecule has 1 fully saturated rings. The van der Waals surface area contributed by atoms with Gasteiger partial charge in [-0.15, -0.1) is 0 Å². The Labute approximate surface area is 102 Å². The van der Waals surface area contributed by atoms with Gasteiger partial charge in [-0.25, -0.2) is 0 Å². The molecule has 1 aliphatic rings. The maximum absolute atomic E-state index is 5.74. The predicted molar refractivity (Wildman–Crippen MR) is 65.8 cm³/mol. The van der Waals surface area contributed by atoms with E-state index in [1.807, 2.05) is 19.3 Å². The highest BCUT2D eigenvalue weighted by molar-refractivity contribution is 5.15. The second-order valence-corrected chi connectivity index (χ2v) is 4.61. The lowest BCUT2D eigenvalue weighted by atomic mass is 10.2. The lowest BCUT2D eigenvalue weighted by molar-refractivity contribution is -0.0716. The fraction of sp³-hybridized carbons (Fsp3) is 0.615. The molecule has 0 radical (unpaired) electrons. The van der Waals surface area contributed by atoms with E-state index in [1.54, 1.807) is 0 Å². The molecular weight excluding hydrogens is 216 g/mol. The summed E-state index contributed by atoms with van der Waals surface area (Å²) in [5.74, 6) is 0. The number of ether oxygens (including phenoxy) is 2. The Bertz CT molecular complexity index is 357. The predicted octanol–water partition coefficient (Wildman–Crippen LogP) is 1.28. The molecule has 1 saturated heterocycles. The van der Waals surface area contributed by atoms with Crippen LogP contribution >= 0.6 is 0 Å². The quantitative estimate of drug-likeness (QED) is 0.855. The van der Waals surface area contributed by atoms with Crippen molar-refractivity contribution in [3.8, 4) is 0 Å². The maximum Gasteiger partial charge on any atom is 0.0936 e. The minimum absolute atomic E-state index is 0.163. The van der Waals surface area contributed by atoms with Crippen LogP contribution in [0.15, 0.2) is 18.5 Å². The SMILES string of the molecule is Cc1cncc(COCC2CNCC(C)O2)c1. The Morgan fingerprint density at radius 3 is 3.12 bits per heavy atom. The molecule has 2 atom stereocenters. The van der Waals surface area contributed by atoms with Crippen molar-refractivity contribution in [3.63, 3.8) is 0 Å². The van der Waals surface area contributed by atoms with Gasteiger partial charge in [-0.1, -0.05) is 6.07 Å². The van der Waals surface area contributed by atoms with Crippen molar-refractivity contribution in [2.24, 2.45) is 0 Å². The summed E-state index contributed by atoms with van der Waals surface area (Å²) in [5.41, 5.74) is 2.28. The molecule has 0 bridgehead atoms. The summed E-state index contributed by atoms with van der Waals surface area (Å²) in [5, 5.41) is 3.33. The first kappa shape index (κ1) is 12.5. The molecule has 0 aliphatic carbocycles. The van der Waals surface area contributed by atoms with Gasteiger partial charge in [0.1, 0.15) is 0 Å². The summed E-state index contributed by atoms with van der Waals surface area (Å²) in [6.45, 7) is 7.14. The van der Waals surface area contributed by atoms with Crippen LogP contribution in [0.4, 0.5) is 0 Å². The van der Waals surface area contributed by atoms with Crippen molar-refractivity contribution in [1.82, 2.24) is 10.3 Å². The summed E-state index contributed by atoms with van der Waals surface area (Å²) in [6.07, 6.45) is 4.13. The molecule has 2 heterocycles. The van der Waals surface area contributed by atoms with Gasteiger partial charge in [-0.2, -0.15) is 0 Å². The molecule has 4 nitrogen and oxygen atoms in total. The van der Waals surface area contributed by atoms with E-state index in [1.165, 1.54) is 0 Å². The topological polar surface area (TPSA) is 43.4 Å². The number of pyridine rings is 1. The zero-order valence-electron chi connectivity index (χ0n) is 10.5. The first-order chi connectivity index (χ1) is 8.24. The van der Waals surface area contributed by atoms with Gasteiger partial charge in [0.2, 0.25) is 0 Å². The number of aryl methyl sites for hydroxylation is 1. The van der Waals surface area contributed by atoms with Crippen LogP contribution in [0.1, 0.15) is 18.1 Å². The number of morpholine rings is 1. The lowest BCUT2D eigenvalue weighted by Crippen LogP contribution is -2.45. The van der Waals surface area contributed by atoms with Crippen molar-refractivity contribution in [1.29, 1.82) is 0 Å². The summed E-state index contributed by atoms with van der Waals surface area (Å²) in [7, 11) is 0. The third kappa shape index (κ3) is 4.07.